The monoisotopic (exact) mass is 413 g/mol. The second-order valence-electron chi connectivity index (χ2n) is 6.16. The summed E-state index contributed by atoms with van der Waals surface area (Å²) in [4.78, 5) is 41.0. The molecule has 6 N–H and O–H groups in total. The third-order valence-corrected chi connectivity index (χ3v) is 4.95. The fraction of sp³-hybridized carbons (Fsp3) is 0.529. The zero-order valence-corrected chi connectivity index (χ0v) is 17.2. The lowest BCUT2D eigenvalue weighted by molar-refractivity contribution is -0.129. The number of thiol groups is 1. The molecule has 8 nitrogen and oxygen atoms in total. The van der Waals surface area contributed by atoms with Gasteiger partial charge in [-0.05, 0) is 56.2 Å². The Labute approximate surface area is 168 Å². The van der Waals surface area contributed by atoms with E-state index in [0.717, 1.165) is 23.6 Å². The minimum atomic E-state index is -0.819. The van der Waals surface area contributed by atoms with Gasteiger partial charge in [-0.15, -0.1) is 11.7 Å². The van der Waals surface area contributed by atoms with Crippen molar-refractivity contribution in [3.05, 3.63) is 23.9 Å². The van der Waals surface area contributed by atoms with Gasteiger partial charge in [0.1, 0.15) is 11.1 Å². The number of pyridine rings is 1. The molecule has 1 heterocycles. The van der Waals surface area contributed by atoms with Crippen LogP contribution in [-0.4, -0.2) is 47.3 Å². The molecule has 150 valence electrons. The Morgan fingerprint density at radius 3 is 2.48 bits per heavy atom. The van der Waals surface area contributed by atoms with Gasteiger partial charge in [-0.3, -0.25) is 14.4 Å². The third-order valence-electron chi connectivity index (χ3n) is 3.93. The quantitative estimate of drug-likeness (QED) is 0.155. The molecule has 0 aromatic carbocycles. The minimum absolute atomic E-state index is 0.287. The smallest absolute Gasteiger partial charge is 0.242 e. The molecular formula is C17H27N5O3S2. The van der Waals surface area contributed by atoms with Crippen molar-refractivity contribution >= 4 is 40.1 Å². The number of nitrogens with two attached hydrogens (primary N) is 2. The van der Waals surface area contributed by atoms with Crippen LogP contribution in [-0.2, 0) is 9.59 Å². The molecule has 0 aliphatic heterocycles. The standard InChI is InChI=1S/C17H27N5O3S2/c1-10(14(23)12-6-5-9-20-17(12)27-26)21-15(24)11(2)22-16(25)13(19)7-3-4-8-18/h5-6,9-11,13,26H,3-4,7-8,18-19H2,1-2H3,(H,21,24)(H,22,25)/t10-,11-,13-/m0/s1. The summed E-state index contributed by atoms with van der Waals surface area (Å²) in [7, 11) is 1.06. The molecule has 0 aliphatic carbocycles. The van der Waals surface area contributed by atoms with Crippen LogP contribution in [0.15, 0.2) is 23.4 Å². The van der Waals surface area contributed by atoms with Gasteiger partial charge in [0.05, 0.1) is 17.6 Å². The van der Waals surface area contributed by atoms with Crippen LogP contribution in [0, 0.1) is 0 Å². The molecule has 0 bridgehead atoms. The summed E-state index contributed by atoms with van der Waals surface area (Å²) in [6.07, 6.45) is 3.59. The number of nitrogens with one attached hydrogen (secondary N) is 2. The SMILES string of the molecule is C[C@H](NC(=O)[C@@H](N)CCCCN)C(=O)N[C@@H](C)C(=O)c1cccnc1SS. The van der Waals surface area contributed by atoms with Crippen LogP contribution in [0.3, 0.4) is 0 Å². The van der Waals surface area contributed by atoms with E-state index in [-0.39, 0.29) is 5.78 Å². The molecule has 0 saturated carbocycles. The molecule has 1 rings (SSSR count). The summed E-state index contributed by atoms with van der Waals surface area (Å²) in [5, 5.41) is 5.64. The van der Waals surface area contributed by atoms with Crippen molar-refractivity contribution in [2.75, 3.05) is 6.54 Å². The Bertz CT molecular complexity index is 659. The molecule has 1 aromatic rings. The lowest BCUT2D eigenvalue weighted by Gasteiger charge is -2.20. The van der Waals surface area contributed by atoms with Crippen molar-refractivity contribution in [2.45, 2.75) is 56.3 Å². The molecule has 2 amide bonds. The number of ketones is 1. The highest BCUT2D eigenvalue weighted by molar-refractivity contribution is 8.68. The van der Waals surface area contributed by atoms with E-state index in [1.54, 1.807) is 25.3 Å². The highest BCUT2D eigenvalue weighted by Gasteiger charge is 2.24. The summed E-state index contributed by atoms with van der Waals surface area (Å²) < 4.78 is 0. The largest absolute Gasteiger partial charge is 0.344 e. The molecule has 0 radical (unpaired) electrons. The van der Waals surface area contributed by atoms with Gasteiger partial charge >= 0.3 is 0 Å². The number of aromatic nitrogens is 1. The van der Waals surface area contributed by atoms with E-state index in [4.69, 9.17) is 11.5 Å². The van der Waals surface area contributed by atoms with Crippen molar-refractivity contribution in [1.29, 1.82) is 0 Å². The number of carbonyl (C=O) groups excluding carboxylic acids is 3. The average Bonchev–Trinajstić information content (AvgIpc) is 2.67. The van der Waals surface area contributed by atoms with Gasteiger partial charge in [0.15, 0.2) is 5.78 Å². The molecule has 0 fully saturated rings. The second-order valence-corrected chi connectivity index (χ2v) is 7.28. The second kappa shape index (κ2) is 12.0. The van der Waals surface area contributed by atoms with Gasteiger partial charge in [0.2, 0.25) is 11.8 Å². The van der Waals surface area contributed by atoms with E-state index in [1.165, 1.54) is 6.92 Å². The predicted molar refractivity (Wildman–Crippen MR) is 110 cm³/mol. The van der Waals surface area contributed by atoms with E-state index in [0.29, 0.717) is 23.6 Å². The third kappa shape index (κ3) is 7.49. The van der Waals surface area contributed by atoms with Crippen LogP contribution in [0.25, 0.3) is 0 Å². The predicted octanol–water partition coefficient (Wildman–Crippen LogP) is 0.667. The number of unbranched alkanes of at least 4 members (excludes halogenated alkanes) is 1. The van der Waals surface area contributed by atoms with Gasteiger partial charge < -0.3 is 22.1 Å². The molecule has 0 unspecified atom stereocenters. The molecule has 0 spiro atoms. The Morgan fingerprint density at radius 1 is 1.19 bits per heavy atom. The first-order valence-corrected chi connectivity index (χ1v) is 10.6. The van der Waals surface area contributed by atoms with E-state index in [9.17, 15) is 14.4 Å². The van der Waals surface area contributed by atoms with E-state index < -0.39 is 29.9 Å². The number of hydrogen-bond acceptors (Lipinski definition) is 8. The number of nitrogens with zero attached hydrogens (tertiary/aromatic N) is 1. The molecule has 10 heteroatoms. The Kier molecular flexibility index (Phi) is 10.4. The Balaban J connectivity index is 2.58. The normalized spacial score (nSPS) is 14.1. The van der Waals surface area contributed by atoms with Crippen LogP contribution in [0.1, 0.15) is 43.5 Å². The zero-order chi connectivity index (χ0) is 20.4. The maximum atomic E-state index is 12.5. The lowest BCUT2D eigenvalue weighted by Crippen LogP contribution is -2.52. The molecule has 3 atom stereocenters. The summed E-state index contributed by atoms with van der Waals surface area (Å²) in [6.45, 7) is 3.66. The number of carbonyl (C=O) groups is 3. The maximum Gasteiger partial charge on any atom is 0.242 e. The fourth-order valence-electron chi connectivity index (χ4n) is 2.31. The van der Waals surface area contributed by atoms with Crippen LogP contribution >= 0.6 is 22.5 Å². The van der Waals surface area contributed by atoms with Crippen LogP contribution < -0.4 is 22.1 Å². The van der Waals surface area contributed by atoms with E-state index >= 15 is 0 Å². The fourth-order valence-corrected chi connectivity index (χ4v) is 3.13. The van der Waals surface area contributed by atoms with Crippen molar-refractivity contribution in [3.63, 3.8) is 0 Å². The van der Waals surface area contributed by atoms with Crippen LogP contribution in [0.2, 0.25) is 0 Å². The van der Waals surface area contributed by atoms with Gasteiger partial charge in [-0.2, -0.15) is 0 Å². The van der Waals surface area contributed by atoms with Gasteiger partial charge in [0.25, 0.3) is 0 Å². The topological polar surface area (TPSA) is 140 Å². The average molecular weight is 414 g/mol. The molecular weight excluding hydrogens is 386 g/mol. The molecule has 1 aromatic heterocycles. The Hall–Kier alpha value is -1.62. The number of rotatable bonds is 11. The number of amides is 2. The maximum absolute atomic E-state index is 12.5. The minimum Gasteiger partial charge on any atom is -0.344 e. The summed E-state index contributed by atoms with van der Waals surface area (Å²) >= 11 is 4.08. The van der Waals surface area contributed by atoms with Crippen LogP contribution in [0.5, 0.6) is 0 Å². The van der Waals surface area contributed by atoms with Crippen molar-refractivity contribution in [2.24, 2.45) is 11.5 Å². The summed E-state index contributed by atoms with van der Waals surface area (Å²) in [5.41, 5.74) is 11.6. The van der Waals surface area contributed by atoms with Gasteiger partial charge in [-0.25, -0.2) is 4.98 Å². The zero-order valence-electron chi connectivity index (χ0n) is 15.5. The van der Waals surface area contributed by atoms with E-state index in [1.807, 2.05) is 0 Å². The van der Waals surface area contributed by atoms with Crippen molar-refractivity contribution in [3.8, 4) is 0 Å². The van der Waals surface area contributed by atoms with Crippen molar-refractivity contribution in [1.82, 2.24) is 15.6 Å². The first kappa shape index (κ1) is 23.4. The number of hydrogen-bond donors (Lipinski definition) is 5. The first-order chi connectivity index (χ1) is 12.8. The summed E-state index contributed by atoms with van der Waals surface area (Å²) in [6, 6.07) is 0.974. The summed E-state index contributed by atoms with van der Waals surface area (Å²) in [5.74, 6) is -1.16. The Morgan fingerprint density at radius 2 is 1.85 bits per heavy atom. The van der Waals surface area contributed by atoms with E-state index in [2.05, 4.69) is 27.3 Å². The van der Waals surface area contributed by atoms with Crippen LogP contribution in [0.4, 0.5) is 0 Å². The lowest BCUT2D eigenvalue weighted by atomic mass is 10.1. The molecule has 0 saturated heterocycles. The highest BCUT2D eigenvalue weighted by atomic mass is 33.1. The molecule has 27 heavy (non-hydrogen) atoms. The highest BCUT2D eigenvalue weighted by Crippen LogP contribution is 2.23. The molecule has 0 aliphatic rings. The first-order valence-electron chi connectivity index (χ1n) is 8.68. The number of Topliss-reactive ketones (excluding diaryl/α,β-unsaturated/α-hetero) is 1. The van der Waals surface area contributed by atoms with Crippen molar-refractivity contribution < 1.29 is 14.4 Å². The van der Waals surface area contributed by atoms with Gasteiger partial charge in [0, 0.05) is 6.20 Å². The van der Waals surface area contributed by atoms with Gasteiger partial charge in [-0.1, -0.05) is 6.42 Å².